The summed E-state index contributed by atoms with van der Waals surface area (Å²) >= 11 is 1.82. The Kier molecular flexibility index (Phi) is 16.5. The first-order valence-corrected chi connectivity index (χ1v) is 23.0. The Morgan fingerprint density at radius 2 is 0.564 bits per heavy atom. The summed E-state index contributed by atoms with van der Waals surface area (Å²) in [5.74, 6) is 3.98. The van der Waals surface area contributed by atoms with Gasteiger partial charge in [0.2, 0.25) is 0 Å². The van der Waals surface area contributed by atoms with Crippen molar-refractivity contribution in [2.45, 2.75) is 0 Å². The van der Waals surface area contributed by atoms with Gasteiger partial charge in [-0.05, 0) is 66.1 Å². The Balaban J connectivity index is 0.000000138. The number of hydrogen-bond donors (Lipinski definition) is 0. The van der Waals surface area contributed by atoms with Crippen molar-refractivity contribution in [2.75, 3.05) is 0 Å². The Morgan fingerprint density at radius 3 is 0.873 bits per heavy atom. The molecular weight excluding hydrogens is 811 g/mol. The average Bonchev–Trinajstić information content (AvgIpc) is 3.72. The molecule has 2 aliphatic rings. The summed E-state index contributed by atoms with van der Waals surface area (Å²) in [7, 11) is 3.68. The molecule has 0 aromatic heterocycles. The maximum Gasteiger partial charge on any atom is -0.0134 e. The van der Waals surface area contributed by atoms with Gasteiger partial charge in [-0.1, -0.05) is 237 Å². The third-order valence-corrected chi connectivity index (χ3v) is 13.7. The van der Waals surface area contributed by atoms with E-state index in [1.165, 1.54) is 55.1 Å². The fraction of sp³-hybridized carbons (Fsp3) is 0. The van der Waals surface area contributed by atoms with Gasteiger partial charge >= 0.3 is 27.0 Å². The minimum atomic E-state index is -0.446. The zero-order valence-electron chi connectivity index (χ0n) is 30.3. The Bertz CT molecular complexity index is 1820. The molecule has 0 aliphatic heterocycles. The molecule has 1 saturated carbocycles. The number of benzene rings is 7. The summed E-state index contributed by atoms with van der Waals surface area (Å²) in [6, 6.07) is 75.2. The van der Waals surface area contributed by atoms with Gasteiger partial charge in [-0.2, -0.15) is 0 Å². The molecule has 4 heteroatoms. The minimum absolute atomic E-state index is 0.446. The van der Waals surface area contributed by atoms with E-state index in [0.717, 1.165) is 0 Å². The van der Waals surface area contributed by atoms with E-state index in [-0.39, 0.29) is 0 Å². The van der Waals surface area contributed by atoms with E-state index >= 15 is 0 Å². The summed E-state index contributed by atoms with van der Waals surface area (Å²) < 4.78 is 0. The molecule has 0 unspecified atom stereocenters. The SMILES string of the molecule is [CH]1[CH][C](c2ccccc2)[C]2C=CC=C[C]12.[Cl][Ru+].c1ccc(P(c2ccccc2)c2ccccc2)cc1.c1ccc(P(c2ccccc2)c2ccccc2)cc1. The second-order valence-corrected chi connectivity index (χ2v) is 16.8. The normalized spacial score (nSPS) is 13.5. The number of fused-ring (bicyclic) bond motifs is 1. The largest absolute Gasteiger partial charge is 0.0622 e. The molecular formula is C51H41ClP2Ru+. The summed E-state index contributed by atoms with van der Waals surface area (Å²) in [4.78, 5) is 0. The van der Waals surface area contributed by atoms with Crippen LogP contribution in [0.2, 0.25) is 0 Å². The van der Waals surface area contributed by atoms with Crippen molar-refractivity contribution in [1.82, 2.24) is 0 Å². The molecule has 0 spiro atoms. The molecule has 0 heterocycles. The second-order valence-electron chi connectivity index (χ2n) is 12.4. The number of rotatable bonds is 7. The summed E-state index contributed by atoms with van der Waals surface area (Å²) in [5.41, 5.74) is 1.29. The predicted octanol–water partition coefficient (Wildman–Crippen LogP) is 10.9. The van der Waals surface area contributed by atoms with E-state index in [1.54, 1.807) is 0 Å². The number of allylic oxidation sites excluding steroid dienone is 4. The van der Waals surface area contributed by atoms with Crippen LogP contribution < -0.4 is 31.8 Å². The van der Waals surface area contributed by atoms with Gasteiger partial charge in [0, 0.05) is 17.8 Å². The molecule has 5 radical (unpaired) electrons. The molecule has 0 atom stereocenters. The molecule has 7 aromatic rings. The molecule has 0 bridgehead atoms. The molecule has 0 amide bonds. The van der Waals surface area contributed by atoms with Gasteiger partial charge < -0.3 is 0 Å². The van der Waals surface area contributed by atoms with Crippen molar-refractivity contribution >= 4 is 57.4 Å². The Labute approximate surface area is 345 Å². The topological polar surface area (TPSA) is 0 Å². The fourth-order valence-corrected chi connectivity index (χ4v) is 11.0. The van der Waals surface area contributed by atoms with Crippen LogP contribution in [0.5, 0.6) is 0 Å². The summed E-state index contributed by atoms with van der Waals surface area (Å²) in [6.45, 7) is 0. The molecule has 55 heavy (non-hydrogen) atoms. The summed E-state index contributed by atoms with van der Waals surface area (Å²) in [6.07, 6.45) is 12.9. The molecule has 2 aliphatic carbocycles. The van der Waals surface area contributed by atoms with E-state index in [9.17, 15) is 0 Å². The van der Waals surface area contributed by atoms with E-state index < -0.39 is 15.8 Å². The zero-order valence-corrected chi connectivity index (χ0v) is 34.6. The Morgan fingerprint density at radius 1 is 0.291 bits per heavy atom. The first-order chi connectivity index (χ1) is 27.3. The van der Waals surface area contributed by atoms with Crippen molar-refractivity contribution in [2.24, 2.45) is 0 Å². The quantitative estimate of drug-likeness (QED) is 0.111. The third kappa shape index (κ3) is 11.4. The van der Waals surface area contributed by atoms with Crippen molar-refractivity contribution in [1.29, 1.82) is 0 Å². The van der Waals surface area contributed by atoms with E-state index in [0.29, 0.717) is 0 Å². The molecule has 1 fully saturated rings. The van der Waals surface area contributed by atoms with Gasteiger partial charge in [0.15, 0.2) is 0 Å². The van der Waals surface area contributed by atoms with E-state index in [4.69, 9.17) is 0 Å². The average molecular weight is 852 g/mol. The molecule has 9 rings (SSSR count). The standard InChI is InChI=1S/2C18H15P.C15H11.ClH.Ru/c2*1-4-10-16(11-5-1)19(17-12-6-2-7-13-17)18-14-8-3-9-15-18;1-2-6-12(7-3-1)15-11-10-13-8-4-5-9-14(13)15;;/h2*1-15H;1-11H;1H;/q;;;;+2/p-1. The van der Waals surface area contributed by atoms with Crippen LogP contribution in [0.1, 0.15) is 5.56 Å². The maximum absolute atomic E-state index is 4.57. The Hall–Kier alpha value is -4.21. The number of halogens is 1. The van der Waals surface area contributed by atoms with Gasteiger partial charge in [0.1, 0.15) is 0 Å². The van der Waals surface area contributed by atoms with Crippen LogP contribution in [0.3, 0.4) is 0 Å². The maximum atomic E-state index is 4.57. The van der Waals surface area contributed by atoms with Gasteiger partial charge in [-0.15, -0.1) is 0 Å². The first-order valence-electron chi connectivity index (χ1n) is 18.1. The van der Waals surface area contributed by atoms with Gasteiger partial charge in [0.25, 0.3) is 0 Å². The number of hydrogen-bond acceptors (Lipinski definition) is 0. The minimum Gasteiger partial charge on any atom is -0.0622 e. The van der Waals surface area contributed by atoms with Crippen molar-refractivity contribution in [3.63, 3.8) is 0 Å². The van der Waals surface area contributed by atoms with E-state index in [1.807, 2.05) is 17.3 Å². The zero-order chi connectivity index (χ0) is 37.9. The van der Waals surface area contributed by atoms with Crippen LogP contribution in [0.15, 0.2) is 237 Å². The van der Waals surface area contributed by atoms with Crippen molar-refractivity contribution in [3.8, 4) is 0 Å². The van der Waals surface area contributed by atoms with Crippen LogP contribution in [-0.2, 0) is 17.3 Å². The first kappa shape index (κ1) is 40.5. The van der Waals surface area contributed by atoms with Gasteiger partial charge in [0.05, 0.1) is 0 Å². The molecule has 0 nitrogen and oxygen atoms in total. The molecule has 7 aromatic carbocycles. The van der Waals surface area contributed by atoms with Crippen LogP contribution in [0.4, 0.5) is 0 Å². The van der Waals surface area contributed by atoms with Gasteiger partial charge in [-0.3, -0.25) is 0 Å². The van der Waals surface area contributed by atoms with Crippen LogP contribution >= 0.6 is 25.5 Å². The van der Waals surface area contributed by atoms with Crippen molar-refractivity contribution in [3.05, 3.63) is 273 Å². The molecule has 0 saturated heterocycles. The fourth-order valence-electron chi connectivity index (χ4n) is 6.38. The van der Waals surface area contributed by atoms with E-state index in [2.05, 4.69) is 259 Å². The smallest absolute Gasteiger partial charge is 0.0134 e. The second kappa shape index (κ2) is 22.4. The predicted molar refractivity (Wildman–Crippen MR) is 238 cm³/mol. The van der Waals surface area contributed by atoms with Crippen molar-refractivity contribution < 1.29 is 17.3 Å². The van der Waals surface area contributed by atoms with Crippen LogP contribution in [0.25, 0.3) is 0 Å². The van der Waals surface area contributed by atoms with Crippen LogP contribution in [-0.4, -0.2) is 0 Å². The van der Waals surface area contributed by atoms with Gasteiger partial charge in [-0.25, -0.2) is 0 Å². The molecule has 269 valence electrons. The van der Waals surface area contributed by atoms with Crippen LogP contribution in [0, 0.1) is 30.6 Å². The monoisotopic (exact) mass is 852 g/mol. The third-order valence-electron chi connectivity index (χ3n) is 8.85. The molecule has 0 N–H and O–H groups in total. The summed E-state index contributed by atoms with van der Waals surface area (Å²) in [5, 5.41) is 8.39.